The molecule has 0 bridgehead atoms. The van der Waals surface area contributed by atoms with Crippen LogP contribution < -0.4 is 0 Å². The predicted molar refractivity (Wildman–Crippen MR) is 197 cm³/mol. The summed E-state index contributed by atoms with van der Waals surface area (Å²) in [5.41, 5.74) is 9.14. The molecule has 3 heterocycles. The zero-order chi connectivity index (χ0) is 30.2. The largest absolute Gasteiger partial charge is 0.309 e. The van der Waals surface area contributed by atoms with E-state index >= 15 is 0 Å². The van der Waals surface area contributed by atoms with E-state index in [9.17, 15) is 0 Å². The molecule has 0 fully saturated rings. The van der Waals surface area contributed by atoms with Crippen LogP contribution in [0, 0.1) is 0 Å². The summed E-state index contributed by atoms with van der Waals surface area (Å²) in [4.78, 5) is 5.44. The summed E-state index contributed by atoms with van der Waals surface area (Å²) in [5.74, 6) is 0. The number of rotatable bonds is 3. The average Bonchev–Trinajstić information content (AvgIpc) is 3.68. The molecule has 0 aliphatic rings. The van der Waals surface area contributed by atoms with Crippen LogP contribution in [-0.2, 0) is 0 Å². The first-order chi connectivity index (χ1) is 22.8. The standard InChI is InChI=1S/C43H26N2S/c1-2-14-29(15-3-1)45-37-22-8-5-18-35(37)40-38(45)25-24-33-31-16-4-7-21-36(31)44-42(41(33)40)28-13-10-12-27(26-28)30-19-11-20-34-32-17-6-9-23-39(32)46-43(30)34/h1-26H. The second-order valence-electron chi connectivity index (χ2n) is 11.9. The molecule has 0 N–H and O–H groups in total. The molecule has 3 aromatic heterocycles. The van der Waals surface area contributed by atoms with Gasteiger partial charge in [-0.3, -0.25) is 0 Å². The van der Waals surface area contributed by atoms with E-state index in [1.54, 1.807) is 0 Å². The van der Waals surface area contributed by atoms with E-state index in [4.69, 9.17) is 4.98 Å². The molecule has 214 valence electrons. The van der Waals surface area contributed by atoms with Crippen molar-refractivity contribution < 1.29 is 0 Å². The molecular weight excluding hydrogens is 577 g/mol. The van der Waals surface area contributed by atoms with Crippen LogP contribution in [-0.4, -0.2) is 9.55 Å². The molecule has 3 heteroatoms. The van der Waals surface area contributed by atoms with Gasteiger partial charge in [0.2, 0.25) is 0 Å². The SMILES string of the molecule is c1ccc(-n2c3ccccc3c3c4c(-c5cccc(-c6cccc7c6sc6ccccc67)c5)nc5ccccc5c4ccc32)cc1. The molecule has 0 spiro atoms. The highest BCUT2D eigenvalue weighted by Gasteiger charge is 2.20. The van der Waals surface area contributed by atoms with Crippen molar-refractivity contribution in [3.05, 3.63) is 158 Å². The van der Waals surface area contributed by atoms with Gasteiger partial charge in [-0.25, -0.2) is 4.98 Å². The lowest BCUT2D eigenvalue weighted by Gasteiger charge is -2.14. The van der Waals surface area contributed by atoms with Gasteiger partial charge in [0.05, 0.1) is 22.2 Å². The average molecular weight is 603 g/mol. The van der Waals surface area contributed by atoms with Crippen molar-refractivity contribution in [2.24, 2.45) is 0 Å². The number of fused-ring (bicyclic) bond motifs is 10. The molecule has 0 aliphatic carbocycles. The Bertz CT molecular complexity index is 2800. The van der Waals surface area contributed by atoms with E-state index in [2.05, 4.69) is 162 Å². The molecular formula is C43H26N2S. The van der Waals surface area contributed by atoms with Crippen LogP contribution in [0.3, 0.4) is 0 Å². The Kier molecular flexibility index (Phi) is 5.48. The van der Waals surface area contributed by atoms with Crippen molar-refractivity contribution in [3.63, 3.8) is 0 Å². The Balaban J connectivity index is 1.31. The van der Waals surface area contributed by atoms with E-state index in [-0.39, 0.29) is 0 Å². The smallest absolute Gasteiger partial charge is 0.0795 e. The quantitative estimate of drug-likeness (QED) is 0.184. The van der Waals surface area contributed by atoms with Crippen LogP contribution >= 0.6 is 11.3 Å². The molecule has 0 amide bonds. The van der Waals surface area contributed by atoms with Crippen molar-refractivity contribution >= 4 is 75.0 Å². The molecule has 0 radical (unpaired) electrons. The van der Waals surface area contributed by atoms with Gasteiger partial charge in [0, 0.05) is 53.0 Å². The summed E-state index contributed by atoms with van der Waals surface area (Å²) in [6.45, 7) is 0. The third kappa shape index (κ3) is 3.67. The molecule has 10 rings (SSSR count). The van der Waals surface area contributed by atoms with Gasteiger partial charge in [0.25, 0.3) is 0 Å². The second-order valence-corrected chi connectivity index (χ2v) is 13.0. The molecule has 10 aromatic rings. The number of aromatic nitrogens is 2. The van der Waals surface area contributed by atoms with Crippen molar-refractivity contribution in [3.8, 4) is 28.1 Å². The van der Waals surface area contributed by atoms with Gasteiger partial charge >= 0.3 is 0 Å². The van der Waals surface area contributed by atoms with E-state index in [1.807, 2.05) is 11.3 Å². The maximum Gasteiger partial charge on any atom is 0.0795 e. The second kappa shape index (κ2) is 9.87. The molecule has 0 saturated carbocycles. The van der Waals surface area contributed by atoms with Crippen LogP contribution in [0.1, 0.15) is 0 Å². The number of hydrogen-bond donors (Lipinski definition) is 0. The van der Waals surface area contributed by atoms with Crippen molar-refractivity contribution in [1.82, 2.24) is 9.55 Å². The highest BCUT2D eigenvalue weighted by atomic mass is 32.1. The minimum Gasteiger partial charge on any atom is -0.309 e. The molecule has 2 nitrogen and oxygen atoms in total. The van der Waals surface area contributed by atoms with E-state index in [1.165, 1.54) is 69.3 Å². The number of para-hydroxylation sites is 3. The Hall–Kier alpha value is -5.77. The summed E-state index contributed by atoms with van der Waals surface area (Å²) in [6.07, 6.45) is 0. The first kappa shape index (κ1) is 25.5. The lowest BCUT2D eigenvalue weighted by Crippen LogP contribution is -1.94. The molecule has 0 atom stereocenters. The van der Waals surface area contributed by atoms with Crippen molar-refractivity contribution in [2.45, 2.75) is 0 Å². The minimum atomic E-state index is 1.01. The molecule has 46 heavy (non-hydrogen) atoms. The van der Waals surface area contributed by atoms with Crippen LogP contribution in [0.5, 0.6) is 0 Å². The van der Waals surface area contributed by atoms with Gasteiger partial charge in [-0.1, -0.05) is 115 Å². The fraction of sp³-hybridized carbons (Fsp3) is 0. The predicted octanol–water partition coefficient (Wildman–Crippen LogP) is 12.2. The first-order valence-electron chi connectivity index (χ1n) is 15.6. The Morgan fingerprint density at radius 2 is 1.17 bits per heavy atom. The number of benzene rings is 7. The van der Waals surface area contributed by atoms with Crippen molar-refractivity contribution in [1.29, 1.82) is 0 Å². The Labute approximate surface area is 269 Å². The number of hydrogen-bond acceptors (Lipinski definition) is 2. The monoisotopic (exact) mass is 602 g/mol. The molecule has 0 unspecified atom stereocenters. The fourth-order valence-corrected chi connectivity index (χ4v) is 8.62. The summed E-state index contributed by atoms with van der Waals surface area (Å²) in [6, 6.07) is 57.0. The third-order valence-corrected chi connectivity index (χ3v) is 10.6. The molecule has 0 aliphatic heterocycles. The topological polar surface area (TPSA) is 17.8 Å². The van der Waals surface area contributed by atoms with Crippen LogP contribution in [0.15, 0.2) is 158 Å². The maximum atomic E-state index is 5.44. The molecule has 0 saturated heterocycles. The summed E-state index contributed by atoms with van der Waals surface area (Å²) >= 11 is 1.87. The van der Waals surface area contributed by atoms with Gasteiger partial charge in [-0.05, 0) is 59.0 Å². The summed E-state index contributed by atoms with van der Waals surface area (Å²) < 4.78 is 5.03. The first-order valence-corrected chi connectivity index (χ1v) is 16.5. The number of pyridine rings is 1. The van der Waals surface area contributed by atoms with Crippen LogP contribution in [0.2, 0.25) is 0 Å². The normalized spacial score (nSPS) is 11.9. The number of thiophene rings is 1. The van der Waals surface area contributed by atoms with E-state index in [0.29, 0.717) is 0 Å². The van der Waals surface area contributed by atoms with Crippen LogP contribution in [0.4, 0.5) is 0 Å². The maximum absolute atomic E-state index is 5.44. The zero-order valence-corrected chi connectivity index (χ0v) is 25.6. The van der Waals surface area contributed by atoms with Gasteiger partial charge < -0.3 is 4.57 Å². The summed E-state index contributed by atoms with van der Waals surface area (Å²) in [5, 5.41) is 8.69. The van der Waals surface area contributed by atoms with Crippen LogP contribution in [0.25, 0.3) is 91.7 Å². The van der Waals surface area contributed by atoms with E-state index in [0.717, 1.165) is 22.5 Å². The Morgan fingerprint density at radius 1 is 0.457 bits per heavy atom. The fourth-order valence-electron chi connectivity index (χ4n) is 7.38. The summed E-state index contributed by atoms with van der Waals surface area (Å²) in [7, 11) is 0. The van der Waals surface area contributed by atoms with Gasteiger partial charge in [-0.2, -0.15) is 0 Å². The Morgan fingerprint density at radius 3 is 2.09 bits per heavy atom. The lowest BCUT2D eigenvalue weighted by molar-refractivity contribution is 1.18. The van der Waals surface area contributed by atoms with Gasteiger partial charge in [0.15, 0.2) is 0 Å². The highest BCUT2D eigenvalue weighted by Crippen LogP contribution is 2.44. The van der Waals surface area contributed by atoms with Gasteiger partial charge in [-0.15, -0.1) is 11.3 Å². The zero-order valence-electron chi connectivity index (χ0n) is 24.8. The highest BCUT2D eigenvalue weighted by molar-refractivity contribution is 7.26. The van der Waals surface area contributed by atoms with Gasteiger partial charge in [0.1, 0.15) is 0 Å². The molecule has 7 aromatic carbocycles. The third-order valence-electron chi connectivity index (χ3n) is 9.37. The van der Waals surface area contributed by atoms with E-state index < -0.39 is 0 Å². The lowest BCUT2D eigenvalue weighted by atomic mass is 9.94. The van der Waals surface area contributed by atoms with Crippen molar-refractivity contribution in [2.75, 3.05) is 0 Å². The number of nitrogens with zero attached hydrogens (tertiary/aromatic N) is 2. The minimum absolute atomic E-state index is 1.01.